The maximum Gasteiger partial charge on any atom is 2.00 e. The second-order valence-electron chi connectivity index (χ2n) is 3.07. The predicted molar refractivity (Wildman–Crippen MR) is 85.0 cm³/mol. The van der Waals surface area contributed by atoms with Gasteiger partial charge in [0.2, 0.25) is 0 Å². The monoisotopic (exact) mass is 526 g/mol. The van der Waals surface area contributed by atoms with E-state index in [9.17, 15) is 39.0 Å². The zero-order valence-electron chi connectivity index (χ0n) is 15.1. The van der Waals surface area contributed by atoms with E-state index in [2.05, 4.69) is 13.2 Å². The van der Waals surface area contributed by atoms with Crippen LogP contribution in [0.3, 0.4) is 0 Å². The molecule has 0 heterocycles. The van der Waals surface area contributed by atoms with E-state index in [0.717, 1.165) is 12.2 Å². The Labute approximate surface area is 206 Å². The summed E-state index contributed by atoms with van der Waals surface area (Å²) in [7, 11) is 0. The standard InChI is InChI=1S/2C4H4O4.2C3H4O2.Mg.2Zn/c2*5-3(6)1-2-4(7)8;2*1-2-3(4)5;;;/h2*1-2H,(H,5,6)(H,7,8);2*2H,1H2,(H,4,5);;;/q;;;;+2;;/p-2. The van der Waals surface area contributed by atoms with Crippen LogP contribution in [0.5, 0.6) is 0 Å². The molecule has 0 spiro atoms. The Kier molecular flexibility index (Phi) is 52.4. The molecule has 0 unspecified atom stereocenters. The smallest absolute Gasteiger partial charge is 0.545 e. The zero-order valence-corrected chi connectivity index (χ0v) is 22.4. The number of carboxylic acid groups (broad SMARTS) is 6. The molecule has 12 nitrogen and oxygen atoms in total. The molecule has 0 bridgehead atoms. The molecule has 0 radical (unpaired) electrons. The number of carboxylic acids is 6. The summed E-state index contributed by atoms with van der Waals surface area (Å²) in [4.78, 5) is 56.4. The fraction of sp³-hybridized carbons (Fsp3) is 0. The third-order valence-corrected chi connectivity index (χ3v) is 1.07. The number of carbonyl (C=O) groups is 6. The number of hydrogen-bond acceptors (Lipinski definition) is 8. The summed E-state index contributed by atoms with van der Waals surface area (Å²) in [5.74, 6) is -7.57. The number of aliphatic carboxylic acids is 6. The quantitative estimate of drug-likeness (QED) is 0.198. The Morgan fingerprint density at radius 1 is 0.552 bits per heavy atom. The fourth-order valence-electron chi connectivity index (χ4n) is 0.279. The minimum atomic E-state index is -1.51. The van der Waals surface area contributed by atoms with Gasteiger partial charge in [-0.15, -0.1) is 0 Å². The second kappa shape index (κ2) is 33.4. The van der Waals surface area contributed by atoms with Crippen LogP contribution in [0.4, 0.5) is 0 Å². The average molecular weight is 529 g/mol. The molecule has 0 aliphatic rings. The Morgan fingerprint density at radius 3 is 0.759 bits per heavy atom. The summed E-state index contributed by atoms with van der Waals surface area (Å²) < 4.78 is 0. The van der Waals surface area contributed by atoms with Crippen molar-refractivity contribution in [2.45, 2.75) is 0 Å². The number of hydrogen-bond donors (Lipinski definition) is 4. The van der Waals surface area contributed by atoms with Gasteiger partial charge >= 0.3 is 46.9 Å². The molecule has 0 aromatic carbocycles. The van der Waals surface area contributed by atoms with Gasteiger partial charge in [-0.05, 0) is 12.2 Å². The molecule has 0 aromatic rings. The van der Waals surface area contributed by atoms with Crippen LogP contribution in [0.2, 0.25) is 0 Å². The molecule has 0 saturated heterocycles. The van der Waals surface area contributed by atoms with Gasteiger partial charge in [0.05, 0.1) is 11.9 Å². The Balaban J connectivity index is -0.0000000440. The van der Waals surface area contributed by atoms with E-state index in [1.807, 2.05) is 0 Å². The van der Waals surface area contributed by atoms with Crippen LogP contribution in [0.25, 0.3) is 0 Å². The molecule has 15 heteroatoms. The van der Waals surface area contributed by atoms with Crippen molar-refractivity contribution in [3.63, 3.8) is 0 Å². The van der Waals surface area contributed by atoms with Crippen LogP contribution in [-0.4, -0.2) is 79.3 Å². The third-order valence-electron chi connectivity index (χ3n) is 1.07. The predicted octanol–water partition coefficient (Wildman–Crippen LogP) is -3.12. The molecule has 0 atom stereocenters. The van der Waals surface area contributed by atoms with Crippen molar-refractivity contribution in [3.8, 4) is 0 Å². The van der Waals surface area contributed by atoms with Gasteiger partial charge in [0, 0.05) is 63.3 Å². The van der Waals surface area contributed by atoms with Gasteiger partial charge in [-0.25, -0.2) is 19.2 Å². The molecule has 0 saturated carbocycles. The molecule has 0 aliphatic carbocycles. The molecule has 4 N–H and O–H groups in total. The first kappa shape index (κ1) is 45.5. The van der Waals surface area contributed by atoms with Crippen LogP contribution in [-0.2, 0) is 67.7 Å². The second-order valence-corrected chi connectivity index (χ2v) is 3.07. The Hall–Kier alpha value is -2.21. The largest absolute Gasteiger partial charge is 2.00 e. The minimum Gasteiger partial charge on any atom is -0.545 e. The van der Waals surface area contributed by atoms with Gasteiger partial charge in [0.15, 0.2) is 0 Å². The number of carbonyl (C=O) groups excluding carboxylic acids is 2. The first-order valence-electron chi connectivity index (χ1n) is 5.74. The summed E-state index contributed by atoms with van der Waals surface area (Å²) in [6.07, 6.45) is 3.55. The van der Waals surface area contributed by atoms with Crippen molar-refractivity contribution in [1.82, 2.24) is 0 Å². The molecule has 0 aliphatic heterocycles. The van der Waals surface area contributed by atoms with E-state index in [1.54, 1.807) is 0 Å². The van der Waals surface area contributed by atoms with Crippen LogP contribution in [0.15, 0.2) is 49.6 Å². The minimum absolute atomic E-state index is 0. The maximum atomic E-state index is 9.53. The SMILES string of the molecule is C=CC(=O)O.C=CC(=O)O.O=C([O-])C=CC(=O)O.O=C([O-])C=CC(=O)O.[Mg+2].[Zn].[Zn]. The van der Waals surface area contributed by atoms with Gasteiger partial charge in [-0.2, -0.15) is 0 Å². The van der Waals surface area contributed by atoms with Gasteiger partial charge in [0.1, 0.15) is 0 Å². The van der Waals surface area contributed by atoms with E-state index in [-0.39, 0.29) is 62.0 Å². The fourth-order valence-corrected chi connectivity index (χ4v) is 0.279. The van der Waals surface area contributed by atoms with E-state index >= 15 is 0 Å². The molecule has 148 valence electrons. The Bertz CT molecular complexity index is 515. The van der Waals surface area contributed by atoms with Gasteiger partial charge in [-0.1, -0.05) is 13.2 Å². The summed E-state index contributed by atoms with van der Waals surface area (Å²) in [6.45, 7) is 5.92. The molecule has 0 amide bonds. The van der Waals surface area contributed by atoms with Gasteiger partial charge < -0.3 is 40.2 Å². The third kappa shape index (κ3) is 105. The van der Waals surface area contributed by atoms with Gasteiger partial charge in [-0.3, -0.25) is 0 Å². The maximum absolute atomic E-state index is 9.53. The van der Waals surface area contributed by atoms with Crippen LogP contribution in [0, 0.1) is 0 Å². The van der Waals surface area contributed by atoms with E-state index in [0.29, 0.717) is 24.3 Å². The topological polar surface area (TPSA) is 229 Å². The average Bonchev–Trinajstić information content (AvgIpc) is 2.52. The van der Waals surface area contributed by atoms with Crippen LogP contribution < -0.4 is 10.2 Å². The van der Waals surface area contributed by atoms with Crippen molar-refractivity contribution in [2.24, 2.45) is 0 Å². The summed E-state index contributed by atoms with van der Waals surface area (Å²) >= 11 is 0. The van der Waals surface area contributed by atoms with Crippen LogP contribution >= 0.6 is 0 Å². The summed E-state index contributed by atoms with van der Waals surface area (Å²) in [5.41, 5.74) is 0. The molecule has 0 fully saturated rings. The number of rotatable bonds is 6. The first-order chi connectivity index (χ1) is 11.8. The molecular weight excluding hydrogens is 515 g/mol. The molecule has 0 aromatic heterocycles. The molecule has 29 heavy (non-hydrogen) atoms. The van der Waals surface area contributed by atoms with Gasteiger partial charge in [0.25, 0.3) is 0 Å². The van der Waals surface area contributed by atoms with E-state index in [1.165, 1.54) is 0 Å². The van der Waals surface area contributed by atoms with Crippen molar-refractivity contribution in [3.05, 3.63) is 49.6 Å². The zero-order chi connectivity index (χ0) is 21.7. The van der Waals surface area contributed by atoms with Crippen molar-refractivity contribution >= 4 is 58.9 Å². The van der Waals surface area contributed by atoms with E-state index in [4.69, 9.17) is 20.4 Å². The van der Waals surface area contributed by atoms with E-state index < -0.39 is 35.8 Å². The Morgan fingerprint density at radius 2 is 0.724 bits per heavy atom. The molecule has 0 rings (SSSR count). The van der Waals surface area contributed by atoms with Crippen molar-refractivity contribution < 1.29 is 98.4 Å². The van der Waals surface area contributed by atoms with Crippen LogP contribution in [0.1, 0.15) is 0 Å². The first-order valence-corrected chi connectivity index (χ1v) is 5.74. The van der Waals surface area contributed by atoms with Crippen molar-refractivity contribution in [1.29, 1.82) is 0 Å². The summed E-state index contributed by atoms with van der Waals surface area (Å²) in [6, 6.07) is 0. The summed E-state index contributed by atoms with van der Waals surface area (Å²) in [5, 5.41) is 49.7. The van der Waals surface area contributed by atoms with Crippen molar-refractivity contribution in [2.75, 3.05) is 0 Å². The molecular formula is C14H14MgO12Zn2. The normalized spacial score (nSPS) is 7.45.